The zero-order valence-corrected chi connectivity index (χ0v) is 13.0. The lowest BCUT2D eigenvalue weighted by atomic mass is 10.1. The summed E-state index contributed by atoms with van der Waals surface area (Å²) in [6.07, 6.45) is 1.66. The quantitative estimate of drug-likeness (QED) is 0.917. The third kappa shape index (κ3) is 4.86. The highest BCUT2D eigenvalue weighted by Crippen LogP contribution is 2.16. The molecule has 0 unspecified atom stereocenters. The monoisotopic (exact) mass is 291 g/mol. The summed E-state index contributed by atoms with van der Waals surface area (Å²) in [5, 5.41) is 3.36. The van der Waals surface area contributed by atoms with Gasteiger partial charge in [-0.15, -0.1) is 0 Å². The van der Waals surface area contributed by atoms with E-state index in [2.05, 4.69) is 31.1 Å². The van der Waals surface area contributed by atoms with Crippen molar-refractivity contribution in [1.82, 2.24) is 10.3 Å². The Bertz CT molecular complexity index is 572. The molecule has 0 spiro atoms. The van der Waals surface area contributed by atoms with Crippen LogP contribution in [0.4, 0.5) is 10.4 Å². The normalized spacial score (nSPS) is 11.7. The van der Waals surface area contributed by atoms with E-state index in [4.69, 9.17) is 4.42 Å². The van der Waals surface area contributed by atoms with Crippen LogP contribution in [0.3, 0.4) is 0 Å². The molecule has 0 aliphatic rings. The summed E-state index contributed by atoms with van der Waals surface area (Å²) in [5.74, 6) is -0.229. The summed E-state index contributed by atoms with van der Waals surface area (Å²) in [5.41, 5.74) is 1.91. The molecule has 21 heavy (non-hydrogen) atoms. The van der Waals surface area contributed by atoms with Gasteiger partial charge in [0, 0.05) is 25.7 Å². The highest BCUT2D eigenvalue weighted by Gasteiger charge is 2.13. The van der Waals surface area contributed by atoms with Crippen LogP contribution in [0.1, 0.15) is 32.0 Å². The lowest BCUT2D eigenvalue weighted by molar-refractivity contribution is 0.421. The molecular weight excluding hydrogens is 269 g/mol. The summed E-state index contributed by atoms with van der Waals surface area (Å²) >= 11 is 0. The molecule has 2 rings (SSSR count). The second-order valence-electron chi connectivity index (χ2n) is 6.21. The van der Waals surface area contributed by atoms with Crippen molar-refractivity contribution < 1.29 is 8.81 Å². The maximum atomic E-state index is 12.9. The van der Waals surface area contributed by atoms with Gasteiger partial charge in [0.2, 0.25) is 0 Å². The summed E-state index contributed by atoms with van der Waals surface area (Å²) in [7, 11) is 1.90. The predicted molar refractivity (Wildman–Crippen MR) is 81.6 cm³/mol. The first-order valence-electron chi connectivity index (χ1n) is 6.98. The van der Waals surface area contributed by atoms with E-state index in [1.165, 1.54) is 12.1 Å². The topological polar surface area (TPSA) is 41.3 Å². The molecule has 1 N–H and O–H groups in total. The number of anilines is 1. The van der Waals surface area contributed by atoms with Gasteiger partial charge in [-0.1, -0.05) is 12.1 Å². The fourth-order valence-electron chi connectivity index (χ4n) is 1.84. The van der Waals surface area contributed by atoms with E-state index in [0.29, 0.717) is 19.1 Å². The maximum Gasteiger partial charge on any atom is 0.297 e. The first-order chi connectivity index (χ1) is 9.83. The number of rotatable bonds is 5. The molecule has 0 aliphatic heterocycles. The van der Waals surface area contributed by atoms with Gasteiger partial charge < -0.3 is 14.6 Å². The number of benzene rings is 1. The summed E-state index contributed by atoms with van der Waals surface area (Å²) in [6.45, 7) is 7.60. The van der Waals surface area contributed by atoms with Crippen LogP contribution in [-0.4, -0.2) is 17.6 Å². The molecule has 0 radical (unpaired) electrons. The Morgan fingerprint density at radius 3 is 2.52 bits per heavy atom. The van der Waals surface area contributed by atoms with Gasteiger partial charge in [0.1, 0.15) is 12.1 Å². The molecule has 0 fully saturated rings. The number of hydrogen-bond acceptors (Lipinski definition) is 4. The molecular formula is C16H22FN3O. The average molecular weight is 291 g/mol. The second-order valence-corrected chi connectivity index (χ2v) is 6.21. The zero-order chi connectivity index (χ0) is 15.5. The van der Waals surface area contributed by atoms with Crippen LogP contribution in [-0.2, 0) is 13.1 Å². The Morgan fingerprint density at radius 1 is 1.24 bits per heavy atom. The Hall–Kier alpha value is -1.88. The molecule has 1 aromatic carbocycles. The Balaban J connectivity index is 1.95. The van der Waals surface area contributed by atoms with Gasteiger partial charge in [-0.2, -0.15) is 4.98 Å². The largest absolute Gasteiger partial charge is 0.432 e. The SMILES string of the molecule is CN(Cc1ccc(F)cc1)c1nc(CNC(C)(C)C)co1. The molecule has 0 saturated carbocycles. The second kappa shape index (κ2) is 6.26. The lowest BCUT2D eigenvalue weighted by Gasteiger charge is -2.19. The molecule has 0 aliphatic carbocycles. The van der Waals surface area contributed by atoms with Crippen molar-refractivity contribution in [1.29, 1.82) is 0 Å². The van der Waals surface area contributed by atoms with E-state index in [9.17, 15) is 4.39 Å². The van der Waals surface area contributed by atoms with Crippen LogP contribution in [0, 0.1) is 5.82 Å². The summed E-state index contributed by atoms with van der Waals surface area (Å²) < 4.78 is 18.4. The number of aromatic nitrogens is 1. The van der Waals surface area contributed by atoms with E-state index in [-0.39, 0.29) is 11.4 Å². The van der Waals surface area contributed by atoms with Gasteiger partial charge in [0.25, 0.3) is 6.01 Å². The van der Waals surface area contributed by atoms with Gasteiger partial charge >= 0.3 is 0 Å². The fourth-order valence-corrected chi connectivity index (χ4v) is 1.84. The Kier molecular flexibility index (Phi) is 4.63. The molecule has 0 bridgehead atoms. The van der Waals surface area contributed by atoms with Crippen molar-refractivity contribution in [2.45, 2.75) is 39.4 Å². The highest BCUT2D eigenvalue weighted by molar-refractivity contribution is 5.29. The standard InChI is InChI=1S/C16H22FN3O/c1-16(2,3)18-9-14-11-21-15(19-14)20(4)10-12-5-7-13(17)8-6-12/h5-8,11,18H,9-10H2,1-4H3. The molecule has 1 aromatic heterocycles. The van der Waals surface area contributed by atoms with Crippen molar-refractivity contribution in [3.8, 4) is 0 Å². The van der Waals surface area contributed by atoms with Crippen LogP contribution in [0.5, 0.6) is 0 Å². The number of hydrogen-bond donors (Lipinski definition) is 1. The smallest absolute Gasteiger partial charge is 0.297 e. The van der Waals surface area contributed by atoms with E-state index in [1.54, 1.807) is 18.4 Å². The van der Waals surface area contributed by atoms with E-state index < -0.39 is 0 Å². The molecule has 114 valence electrons. The van der Waals surface area contributed by atoms with Gasteiger partial charge in [0.05, 0.1) is 5.69 Å². The number of nitrogens with one attached hydrogen (secondary N) is 1. The summed E-state index contributed by atoms with van der Waals surface area (Å²) in [4.78, 5) is 6.35. The maximum absolute atomic E-state index is 12.9. The lowest BCUT2D eigenvalue weighted by Crippen LogP contribution is -2.35. The van der Waals surface area contributed by atoms with E-state index in [0.717, 1.165) is 11.3 Å². The number of nitrogens with zero attached hydrogens (tertiary/aromatic N) is 2. The predicted octanol–water partition coefficient (Wildman–Crippen LogP) is 3.34. The fraction of sp³-hybridized carbons (Fsp3) is 0.438. The van der Waals surface area contributed by atoms with Crippen LogP contribution in [0.2, 0.25) is 0 Å². The van der Waals surface area contributed by atoms with Gasteiger partial charge in [0.15, 0.2) is 0 Å². The number of oxazole rings is 1. The molecule has 0 amide bonds. The molecule has 1 heterocycles. The molecule has 2 aromatic rings. The third-order valence-corrected chi connectivity index (χ3v) is 3.00. The first-order valence-corrected chi connectivity index (χ1v) is 6.98. The molecule has 0 atom stereocenters. The van der Waals surface area contributed by atoms with Crippen molar-refractivity contribution >= 4 is 6.01 Å². The van der Waals surface area contributed by atoms with Gasteiger partial charge in [-0.3, -0.25) is 0 Å². The van der Waals surface area contributed by atoms with Crippen molar-refractivity contribution in [3.63, 3.8) is 0 Å². The van der Waals surface area contributed by atoms with Crippen LogP contribution >= 0.6 is 0 Å². The molecule has 5 heteroatoms. The van der Waals surface area contributed by atoms with E-state index >= 15 is 0 Å². The average Bonchev–Trinajstić information content (AvgIpc) is 2.87. The van der Waals surface area contributed by atoms with Gasteiger partial charge in [-0.05, 0) is 38.5 Å². The molecule has 0 saturated heterocycles. The highest BCUT2D eigenvalue weighted by atomic mass is 19.1. The minimum Gasteiger partial charge on any atom is -0.432 e. The van der Waals surface area contributed by atoms with Crippen molar-refractivity contribution in [2.24, 2.45) is 0 Å². The van der Waals surface area contributed by atoms with Crippen LogP contribution in [0.25, 0.3) is 0 Å². The summed E-state index contributed by atoms with van der Waals surface area (Å²) in [6, 6.07) is 6.99. The van der Waals surface area contributed by atoms with Crippen molar-refractivity contribution in [2.75, 3.05) is 11.9 Å². The third-order valence-electron chi connectivity index (χ3n) is 3.00. The first kappa shape index (κ1) is 15.5. The van der Waals surface area contributed by atoms with Crippen molar-refractivity contribution in [3.05, 3.63) is 47.6 Å². The minimum absolute atomic E-state index is 0.0408. The van der Waals surface area contributed by atoms with Crippen LogP contribution < -0.4 is 10.2 Å². The van der Waals surface area contributed by atoms with Gasteiger partial charge in [-0.25, -0.2) is 4.39 Å². The molecule has 4 nitrogen and oxygen atoms in total. The van der Waals surface area contributed by atoms with E-state index in [1.807, 2.05) is 11.9 Å². The minimum atomic E-state index is -0.229. The zero-order valence-electron chi connectivity index (χ0n) is 13.0. The number of halogens is 1. The Morgan fingerprint density at radius 2 is 1.90 bits per heavy atom. The Labute approximate surface area is 125 Å². The van der Waals surface area contributed by atoms with Crippen LogP contribution in [0.15, 0.2) is 34.9 Å².